The number of hydrogen-bond acceptors (Lipinski definition) is 2. The van der Waals surface area contributed by atoms with Crippen molar-refractivity contribution in [1.29, 1.82) is 0 Å². The van der Waals surface area contributed by atoms with E-state index in [9.17, 15) is 0 Å². The Morgan fingerprint density at radius 2 is 1.58 bits per heavy atom. The summed E-state index contributed by atoms with van der Waals surface area (Å²) in [5.74, 6) is 0. The Morgan fingerprint density at radius 1 is 1.08 bits per heavy atom. The molecular formula is C8H23NOSi2. The molecule has 0 fully saturated rings. The van der Waals surface area contributed by atoms with Crippen molar-refractivity contribution >= 4 is 16.6 Å². The van der Waals surface area contributed by atoms with E-state index < -0.39 is 16.6 Å². The van der Waals surface area contributed by atoms with Crippen LogP contribution >= 0.6 is 0 Å². The van der Waals surface area contributed by atoms with Crippen molar-refractivity contribution in [3.05, 3.63) is 0 Å². The fraction of sp³-hybridized carbons (Fsp3) is 1.00. The fourth-order valence-corrected chi connectivity index (χ4v) is 8.11. The lowest BCUT2D eigenvalue weighted by atomic mass is 11.0. The van der Waals surface area contributed by atoms with E-state index in [1.807, 2.05) is 0 Å². The molecule has 2 nitrogen and oxygen atoms in total. The van der Waals surface area contributed by atoms with Crippen molar-refractivity contribution in [1.82, 2.24) is 0 Å². The summed E-state index contributed by atoms with van der Waals surface area (Å²) < 4.78 is 6.23. The zero-order valence-electron chi connectivity index (χ0n) is 9.11. The SMILES string of the molecule is CC[Si](C)(C)O[Si](C)(CC)CN. The molecule has 0 aromatic heterocycles. The van der Waals surface area contributed by atoms with Gasteiger partial charge < -0.3 is 9.85 Å². The van der Waals surface area contributed by atoms with Gasteiger partial charge in [0.05, 0.1) is 0 Å². The van der Waals surface area contributed by atoms with Crippen molar-refractivity contribution in [2.75, 3.05) is 6.17 Å². The highest BCUT2D eigenvalue weighted by Gasteiger charge is 2.32. The minimum absolute atomic E-state index is 0.764. The van der Waals surface area contributed by atoms with E-state index in [1.54, 1.807) is 0 Å². The normalized spacial score (nSPS) is 17.5. The molecular weight excluding hydrogens is 182 g/mol. The van der Waals surface area contributed by atoms with Gasteiger partial charge in [-0.05, 0) is 31.7 Å². The lowest BCUT2D eigenvalue weighted by Crippen LogP contribution is -2.50. The monoisotopic (exact) mass is 205 g/mol. The summed E-state index contributed by atoms with van der Waals surface area (Å²) in [5.41, 5.74) is 5.74. The molecule has 2 N–H and O–H groups in total. The smallest absolute Gasteiger partial charge is 0.189 e. The summed E-state index contributed by atoms with van der Waals surface area (Å²) in [6.45, 7) is 11.2. The van der Waals surface area contributed by atoms with E-state index >= 15 is 0 Å². The Hall–Kier alpha value is 0.354. The molecule has 74 valence electrons. The van der Waals surface area contributed by atoms with Crippen LogP contribution in [0.25, 0.3) is 0 Å². The van der Waals surface area contributed by atoms with Gasteiger partial charge in [-0.2, -0.15) is 0 Å². The van der Waals surface area contributed by atoms with Crippen LogP contribution < -0.4 is 5.73 Å². The van der Waals surface area contributed by atoms with Gasteiger partial charge in [0.1, 0.15) is 0 Å². The highest BCUT2D eigenvalue weighted by molar-refractivity contribution is 6.85. The highest BCUT2D eigenvalue weighted by Crippen LogP contribution is 2.19. The average molecular weight is 205 g/mol. The standard InChI is InChI=1S/C8H23NOSi2/c1-6-11(3,4)10-12(5,7-2)8-9/h6-9H2,1-5H3. The first-order valence-electron chi connectivity index (χ1n) is 4.79. The zero-order valence-corrected chi connectivity index (χ0v) is 11.1. The summed E-state index contributed by atoms with van der Waals surface area (Å²) in [4.78, 5) is 0. The van der Waals surface area contributed by atoms with Crippen LogP contribution in [-0.2, 0) is 4.12 Å². The van der Waals surface area contributed by atoms with Crippen LogP contribution in [0, 0.1) is 0 Å². The summed E-state index contributed by atoms with van der Waals surface area (Å²) in [5, 5.41) is 0. The van der Waals surface area contributed by atoms with Crippen molar-refractivity contribution in [2.45, 2.75) is 45.6 Å². The van der Waals surface area contributed by atoms with E-state index in [4.69, 9.17) is 9.85 Å². The molecule has 0 aliphatic carbocycles. The maximum Gasteiger partial charge on any atom is 0.189 e. The molecule has 0 aliphatic heterocycles. The minimum atomic E-state index is -1.51. The molecule has 12 heavy (non-hydrogen) atoms. The minimum Gasteiger partial charge on any atom is -0.454 e. The number of nitrogens with two attached hydrogens (primary N) is 1. The quantitative estimate of drug-likeness (QED) is 0.699. The number of hydrogen-bond donors (Lipinski definition) is 1. The molecule has 0 bridgehead atoms. The molecule has 0 radical (unpaired) electrons. The molecule has 4 heteroatoms. The van der Waals surface area contributed by atoms with E-state index in [-0.39, 0.29) is 0 Å². The van der Waals surface area contributed by atoms with Gasteiger partial charge in [0.15, 0.2) is 16.6 Å². The lowest BCUT2D eigenvalue weighted by molar-refractivity contribution is 0.533. The second-order valence-electron chi connectivity index (χ2n) is 4.22. The largest absolute Gasteiger partial charge is 0.454 e. The molecule has 1 unspecified atom stereocenters. The first-order chi connectivity index (χ1) is 5.39. The van der Waals surface area contributed by atoms with Crippen LogP contribution in [0.4, 0.5) is 0 Å². The van der Waals surface area contributed by atoms with Crippen LogP contribution in [0.3, 0.4) is 0 Å². The van der Waals surface area contributed by atoms with Crippen LogP contribution in [0.2, 0.25) is 31.7 Å². The van der Waals surface area contributed by atoms with Gasteiger partial charge >= 0.3 is 0 Å². The average Bonchev–Trinajstić information content (AvgIpc) is 2.04. The highest BCUT2D eigenvalue weighted by atomic mass is 28.4. The second kappa shape index (κ2) is 4.55. The van der Waals surface area contributed by atoms with E-state index in [1.165, 1.54) is 6.04 Å². The zero-order chi connectivity index (χ0) is 9.83. The van der Waals surface area contributed by atoms with Crippen LogP contribution in [0.15, 0.2) is 0 Å². The van der Waals surface area contributed by atoms with Crippen LogP contribution in [-0.4, -0.2) is 22.8 Å². The van der Waals surface area contributed by atoms with Gasteiger partial charge in [-0.3, -0.25) is 0 Å². The fourth-order valence-electron chi connectivity index (χ4n) is 0.997. The second-order valence-corrected chi connectivity index (χ2v) is 13.3. The van der Waals surface area contributed by atoms with Gasteiger partial charge in [-0.15, -0.1) is 0 Å². The van der Waals surface area contributed by atoms with Crippen LogP contribution in [0.1, 0.15) is 13.8 Å². The van der Waals surface area contributed by atoms with Gasteiger partial charge in [0.2, 0.25) is 0 Å². The topological polar surface area (TPSA) is 35.2 Å². The Labute approximate surface area is 78.8 Å². The van der Waals surface area contributed by atoms with Crippen molar-refractivity contribution in [3.8, 4) is 0 Å². The van der Waals surface area contributed by atoms with Crippen molar-refractivity contribution < 1.29 is 4.12 Å². The van der Waals surface area contributed by atoms with E-state index in [0.29, 0.717) is 0 Å². The molecule has 0 aromatic rings. The predicted molar refractivity (Wildman–Crippen MR) is 60.2 cm³/mol. The molecule has 0 spiro atoms. The lowest BCUT2D eigenvalue weighted by Gasteiger charge is -2.34. The molecule has 0 aromatic carbocycles. The first kappa shape index (κ1) is 12.4. The maximum atomic E-state index is 6.23. The molecule has 0 amide bonds. The van der Waals surface area contributed by atoms with E-state index in [0.717, 1.165) is 12.2 Å². The molecule has 0 rings (SSSR count). The van der Waals surface area contributed by atoms with Gasteiger partial charge in [0, 0.05) is 6.17 Å². The summed E-state index contributed by atoms with van der Waals surface area (Å²) in [7, 11) is -2.89. The van der Waals surface area contributed by atoms with Gasteiger partial charge in [0.25, 0.3) is 0 Å². The van der Waals surface area contributed by atoms with Gasteiger partial charge in [-0.25, -0.2) is 0 Å². The van der Waals surface area contributed by atoms with Crippen LogP contribution in [0.5, 0.6) is 0 Å². The summed E-state index contributed by atoms with van der Waals surface area (Å²) in [6.07, 6.45) is 0.764. The number of rotatable bonds is 5. The summed E-state index contributed by atoms with van der Waals surface area (Å²) >= 11 is 0. The van der Waals surface area contributed by atoms with Crippen molar-refractivity contribution in [3.63, 3.8) is 0 Å². The third kappa shape index (κ3) is 3.84. The van der Waals surface area contributed by atoms with Gasteiger partial charge in [-0.1, -0.05) is 13.8 Å². The molecule has 0 aliphatic rings. The molecule has 0 saturated heterocycles. The Bertz CT molecular complexity index is 135. The molecule has 0 heterocycles. The van der Waals surface area contributed by atoms with Crippen molar-refractivity contribution in [2.24, 2.45) is 5.73 Å². The maximum absolute atomic E-state index is 6.23. The first-order valence-corrected chi connectivity index (χ1v) is 10.7. The molecule has 1 atom stereocenters. The van der Waals surface area contributed by atoms with E-state index in [2.05, 4.69) is 33.5 Å². The predicted octanol–water partition coefficient (Wildman–Crippen LogP) is 2.32. The third-order valence-corrected chi connectivity index (χ3v) is 10.8. The Balaban J connectivity index is 4.20. The third-order valence-electron chi connectivity index (χ3n) is 2.55. The molecule has 0 saturated carbocycles. The Morgan fingerprint density at radius 3 is 1.83 bits per heavy atom. The Kier molecular flexibility index (Phi) is 4.69. The summed E-state index contributed by atoms with van der Waals surface area (Å²) in [6, 6.07) is 2.33.